The number of nitro benzene ring substituents is 1. The quantitative estimate of drug-likeness (QED) is 0.626. The Morgan fingerprint density at radius 3 is 2.65 bits per heavy atom. The van der Waals surface area contributed by atoms with Crippen LogP contribution < -0.4 is 5.32 Å². The average Bonchev–Trinajstić information content (AvgIpc) is 2.82. The first kappa shape index (κ1) is 11.1. The summed E-state index contributed by atoms with van der Waals surface area (Å²) in [5.41, 5.74) is 1.97. The summed E-state index contributed by atoms with van der Waals surface area (Å²) in [5, 5.41) is 20.3. The SMILES string of the molecule is CC(Nc1cn[nH]c1)c1ccc([N+](=O)[O-])cc1. The predicted octanol–water partition coefficient (Wildman–Crippen LogP) is 2.49. The Bertz CT molecular complexity index is 493. The summed E-state index contributed by atoms with van der Waals surface area (Å²) in [6.07, 6.45) is 3.43. The zero-order chi connectivity index (χ0) is 12.3. The molecule has 17 heavy (non-hydrogen) atoms. The third kappa shape index (κ3) is 2.60. The molecule has 1 heterocycles. The molecule has 2 aromatic rings. The average molecular weight is 232 g/mol. The molecule has 1 atom stereocenters. The van der Waals surface area contributed by atoms with E-state index < -0.39 is 4.92 Å². The highest BCUT2D eigenvalue weighted by Crippen LogP contribution is 2.20. The predicted molar refractivity (Wildman–Crippen MR) is 63.7 cm³/mol. The Balaban J connectivity index is 2.09. The fourth-order valence-electron chi connectivity index (χ4n) is 1.55. The molecule has 0 fully saturated rings. The Labute approximate surface area is 97.8 Å². The van der Waals surface area contributed by atoms with E-state index in [2.05, 4.69) is 15.5 Å². The second kappa shape index (κ2) is 4.65. The lowest BCUT2D eigenvalue weighted by Crippen LogP contribution is -2.05. The number of benzene rings is 1. The van der Waals surface area contributed by atoms with Crippen LogP contribution in [-0.2, 0) is 0 Å². The summed E-state index contributed by atoms with van der Waals surface area (Å²) in [5.74, 6) is 0. The smallest absolute Gasteiger partial charge is 0.269 e. The Kier molecular flexibility index (Phi) is 3.04. The molecule has 6 heteroatoms. The number of non-ortho nitro benzene ring substituents is 1. The molecular weight excluding hydrogens is 220 g/mol. The largest absolute Gasteiger partial charge is 0.376 e. The lowest BCUT2D eigenvalue weighted by atomic mass is 10.1. The van der Waals surface area contributed by atoms with Crippen molar-refractivity contribution < 1.29 is 4.92 Å². The van der Waals surface area contributed by atoms with Crippen molar-refractivity contribution in [2.75, 3.05) is 5.32 Å². The van der Waals surface area contributed by atoms with Gasteiger partial charge in [0.1, 0.15) is 0 Å². The van der Waals surface area contributed by atoms with E-state index in [1.54, 1.807) is 24.5 Å². The Morgan fingerprint density at radius 2 is 2.12 bits per heavy atom. The Morgan fingerprint density at radius 1 is 1.41 bits per heavy atom. The highest BCUT2D eigenvalue weighted by atomic mass is 16.6. The monoisotopic (exact) mass is 232 g/mol. The van der Waals surface area contributed by atoms with E-state index in [0.29, 0.717) is 0 Å². The molecule has 0 aliphatic heterocycles. The second-order valence-corrected chi connectivity index (χ2v) is 3.70. The van der Waals surface area contributed by atoms with Crippen molar-refractivity contribution >= 4 is 11.4 Å². The highest BCUT2D eigenvalue weighted by Gasteiger charge is 2.09. The minimum atomic E-state index is -0.405. The molecule has 0 radical (unpaired) electrons. The number of aromatic amines is 1. The van der Waals surface area contributed by atoms with Crippen molar-refractivity contribution in [3.63, 3.8) is 0 Å². The minimum absolute atomic E-state index is 0.0633. The normalized spacial score (nSPS) is 12.1. The molecule has 1 aromatic carbocycles. The number of rotatable bonds is 4. The van der Waals surface area contributed by atoms with Gasteiger partial charge in [-0.2, -0.15) is 5.10 Å². The van der Waals surface area contributed by atoms with E-state index in [1.165, 1.54) is 12.1 Å². The fourth-order valence-corrected chi connectivity index (χ4v) is 1.55. The fraction of sp³-hybridized carbons (Fsp3) is 0.182. The molecule has 0 aliphatic rings. The van der Waals surface area contributed by atoms with Crippen molar-refractivity contribution in [2.45, 2.75) is 13.0 Å². The number of nitrogens with zero attached hydrogens (tertiary/aromatic N) is 2. The third-order valence-corrected chi connectivity index (χ3v) is 2.49. The van der Waals surface area contributed by atoms with Gasteiger partial charge in [-0.15, -0.1) is 0 Å². The van der Waals surface area contributed by atoms with E-state index in [-0.39, 0.29) is 11.7 Å². The van der Waals surface area contributed by atoms with Crippen molar-refractivity contribution in [2.24, 2.45) is 0 Å². The van der Waals surface area contributed by atoms with Crippen LogP contribution in [0.1, 0.15) is 18.5 Å². The molecule has 0 saturated heterocycles. The number of nitro groups is 1. The summed E-state index contributed by atoms with van der Waals surface area (Å²) in [4.78, 5) is 10.1. The Hall–Kier alpha value is -2.37. The molecular formula is C11H12N4O2. The molecule has 2 rings (SSSR count). The standard InChI is InChI=1S/C11H12N4O2/c1-8(14-10-6-12-13-7-10)9-2-4-11(5-3-9)15(16)17/h2-8,14H,1H3,(H,12,13). The highest BCUT2D eigenvalue weighted by molar-refractivity contribution is 5.42. The van der Waals surface area contributed by atoms with Gasteiger partial charge in [0.25, 0.3) is 5.69 Å². The van der Waals surface area contributed by atoms with Gasteiger partial charge in [-0.05, 0) is 12.5 Å². The molecule has 0 amide bonds. The lowest BCUT2D eigenvalue weighted by Gasteiger charge is -2.13. The number of nitrogens with one attached hydrogen (secondary N) is 2. The van der Waals surface area contributed by atoms with Crippen LogP contribution in [0.3, 0.4) is 0 Å². The zero-order valence-electron chi connectivity index (χ0n) is 9.25. The maximum Gasteiger partial charge on any atom is 0.269 e. The van der Waals surface area contributed by atoms with Gasteiger partial charge in [0.15, 0.2) is 0 Å². The molecule has 1 unspecified atom stereocenters. The van der Waals surface area contributed by atoms with Crippen molar-refractivity contribution in [3.8, 4) is 0 Å². The van der Waals surface area contributed by atoms with E-state index in [4.69, 9.17) is 0 Å². The van der Waals surface area contributed by atoms with Gasteiger partial charge in [-0.1, -0.05) is 12.1 Å². The van der Waals surface area contributed by atoms with Gasteiger partial charge in [0, 0.05) is 24.4 Å². The number of H-pyrrole nitrogens is 1. The minimum Gasteiger partial charge on any atom is -0.376 e. The van der Waals surface area contributed by atoms with E-state index >= 15 is 0 Å². The van der Waals surface area contributed by atoms with Crippen molar-refractivity contribution in [1.29, 1.82) is 0 Å². The van der Waals surface area contributed by atoms with E-state index in [0.717, 1.165) is 11.3 Å². The van der Waals surface area contributed by atoms with Crippen LogP contribution in [0.4, 0.5) is 11.4 Å². The molecule has 0 spiro atoms. The lowest BCUT2D eigenvalue weighted by molar-refractivity contribution is -0.384. The van der Waals surface area contributed by atoms with Crippen molar-refractivity contribution in [1.82, 2.24) is 10.2 Å². The van der Waals surface area contributed by atoms with Crippen LogP contribution in [0.2, 0.25) is 0 Å². The zero-order valence-corrected chi connectivity index (χ0v) is 9.25. The van der Waals surface area contributed by atoms with E-state index in [9.17, 15) is 10.1 Å². The van der Waals surface area contributed by atoms with Crippen LogP contribution in [-0.4, -0.2) is 15.1 Å². The number of hydrogen-bond acceptors (Lipinski definition) is 4. The summed E-state index contributed by atoms with van der Waals surface area (Å²) >= 11 is 0. The van der Waals surface area contributed by atoms with Gasteiger partial charge < -0.3 is 5.32 Å². The summed E-state index contributed by atoms with van der Waals surface area (Å²) < 4.78 is 0. The van der Waals surface area contributed by atoms with Gasteiger partial charge >= 0.3 is 0 Å². The number of aromatic nitrogens is 2. The van der Waals surface area contributed by atoms with Crippen LogP contribution >= 0.6 is 0 Å². The molecule has 1 aromatic heterocycles. The van der Waals surface area contributed by atoms with Crippen molar-refractivity contribution in [3.05, 3.63) is 52.3 Å². The first-order valence-electron chi connectivity index (χ1n) is 5.16. The number of hydrogen-bond donors (Lipinski definition) is 2. The van der Waals surface area contributed by atoms with Gasteiger partial charge in [-0.25, -0.2) is 0 Å². The van der Waals surface area contributed by atoms with Gasteiger partial charge in [0.2, 0.25) is 0 Å². The molecule has 0 aliphatic carbocycles. The van der Waals surface area contributed by atoms with Crippen LogP contribution in [0.5, 0.6) is 0 Å². The second-order valence-electron chi connectivity index (χ2n) is 3.70. The maximum atomic E-state index is 10.5. The van der Waals surface area contributed by atoms with Crippen LogP contribution in [0.25, 0.3) is 0 Å². The molecule has 0 saturated carbocycles. The summed E-state index contributed by atoms with van der Waals surface area (Å²) in [6, 6.07) is 6.56. The van der Waals surface area contributed by atoms with Crippen LogP contribution in [0, 0.1) is 10.1 Å². The van der Waals surface area contributed by atoms with E-state index in [1.807, 2.05) is 6.92 Å². The topological polar surface area (TPSA) is 83.8 Å². The van der Waals surface area contributed by atoms with Gasteiger partial charge in [-0.3, -0.25) is 15.2 Å². The summed E-state index contributed by atoms with van der Waals surface area (Å²) in [7, 11) is 0. The molecule has 0 bridgehead atoms. The number of anilines is 1. The van der Waals surface area contributed by atoms with Crippen LogP contribution in [0.15, 0.2) is 36.7 Å². The summed E-state index contributed by atoms with van der Waals surface area (Å²) in [6.45, 7) is 1.98. The van der Waals surface area contributed by atoms with Gasteiger partial charge in [0.05, 0.1) is 16.8 Å². The first-order valence-corrected chi connectivity index (χ1v) is 5.16. The third-order valence-electron chi connectivity index (χ3n) is 2.49. The molecule has 2 N–H and O–H groups in total. The first-order chi connectivity index (χ1) is 8.16. The molecule has 6 nitrogen and oxygen atoms in total. The molecule has 88 valence electrons. The maximum absolute atomic E-state index is 10.5.